The largest absolute Gasteiger partial charge is 0.495 e. The fraction of sp³-hybridized carbons (Fsp3) is 0.0465. The Morgan fingerprint density at radius 2 is 0.729 bits per heavy atom. The van der Waals surface area contributed by atoms with E-state index in [9.17, 15) is 15.8 Å². The maximum atomic E-state index is 9.84. The van der Waals surface area contributed by atoms with Crippen LogP contribution in [0.1, 0.15) is 61.2 Å². The molecule has 0 aliphatic heterocycles. The van der Waals surface area contributed by atoms with Crippen LogP contribution in [0.15, 0.2) is 103 Å². The lowest BCUT2D eigenvalue weighted by Crippen LogP contribution is -1.91. The van der Waals surface area contributed by atoms with Gasteiger partial charge < -0.3 is 9.47 Å². The maximum Gasteiger partial charge on any atom is 0.135 e. The molecule has 0 aromatic heterocycles. The van der Waals surface area contributed by atoms with E-state index in [1.165, 1.54) is 0 Å². The molecule has 0 fully saturated rings. The first-order valence-corrected chi connectivity index (χ1v) is 14.5. The summed E-state index contributed by atoms with van der Waals surface area (Å²) in [5.41, 5.74) is 6.36. The predicted octanol–water partition coefficient (Wildman–Crippen LogP) is 6.92. The van der Waals surface area contributed by atoms with Gasteiger partial charge in [0.15, 0.2) is 0 Å². The average molecular weight is 614 g/mol. The molecule has 5 aromatic carbocycles. The smallest absolute Gasteiger partial charge is 0.135 e. The third-order valence-electron chi connectivity index (χ3n) is 6.99. The van der Waals surface area contributed by atoms with Crippen LogP contribution in [0.5, 0.6) is 11.5 Å². The summed E-state index contributed by atoms with van der Waals surface area (Å²) >= 11 is 0. The van der Waals surface area contributed by atoms with Crippen molar-refractivity contribution in [1.29, 1.82) is 15.8 Å². The van der Waals surface area contributed by atoms with Crippen molar-refractivity contribution in [3.63, 3.8) is 0 Å². The summed E-state index contributed by atoms with van der Waals surface area (Å²) in [6.07, 6.45) is 0. The second kappa shape index (κ2) is 15.4. The number of rotatable bonds is 2. The Balaban J connectivity index is 1.35. The lowest BCUT2D eigenvalue weighted by Gasteiger charge is -2.04. The predicted molar refractivity (Wildman–Crippen MR) is 183 cm³/mol. The van der Waals surface area contributed by atoms with Gasteiger partial charge in [0, 0.05) is 33.4 Å². The normalized spacial score (nSPS) is 9.15. The molecular formula is C43H23N3O2. The highest BCUT2D eigenvalue weighted by Gasteiger charge is 2.05. The molecule has 5 heteroatoms. The summed E-state index contributed by atoms with van der Waals surface area (Å²) in [4.78, 5) is 0. The number of benzene rings is 5. The summed E-state index contributed by atoms with van der Waals surface area (Å²) in [7, 11) is 3.18. The minimum absolute atomic E-state index is 0.372. The van der Waals surface area contributed by atoms with Gasteiger partial charge in [-0.3, -0.25) is 0 Å². The number of hydrogen-bond donors (Lipinski definition) is 0. The first kappa shape index (κ1) is 31.8. The minimum Gasteiger partial charge on any atom is -0.495 e. The van der Waals surface area contributed by atoms with Gasteiger partial charge in [-0.05, 0) is 78.9 Å². The molecule has 0 N–H and O–H groups in total. The lowest BCUT2D eigenvalue weighted by atomic mass is 10.0. The monoisotopic (exact) mass is 613 g/mol. The molecule has 0 heterocycles. The zero-order chi connectivity index (χ0) is 33.7. The molecule has 0 saturated carbocycles. The molecule has 0 aliphatic carbocycles. The van der Waals surface area contributed by atoms with Gasteiger partial charge in [-0.25, -0.2) is 0 Å². The molecule has 0 atom stereocenters. The van der Waals surface area contributed by atoms with Crippen LogP contribution < -0.4 is 9.47 Å². The first-order chi connectivity index (χ1) is 23.5. The SMILES string of the molecule is COc1ccccc1C#Cc1ccc(C#Cc2ccc(C#Cc3ccc(C#Cc4ccccc4C#N)cc3C#N)cc2C#N)c(OC)c1. The molecule has 48 heavy (non-hydrogen) atoms. The Morgan fingerprint density at radius 1 is 0.354 bits per heavy atom. The van der Waals surface area contributed by atoms with Crippen molar-refractivity contribution in [2.45, 2.75) is 0 Å². The molecule has 0 spiro atoms. The van der Waals surface area contributed by atoms with Gasteiger partial charge in [0.25, 0.3) is 0 Å². The van der Waals surface area contributed by atoms with E-state index < -0.39 is 0 Å². The number of nitriles is 3. The van der Waals surface area contributed by atoms with Gasteiger partial charge in [-0.15, -0.1) is 0 Å². The van der Waals surface area contributed by atoms with E-state index in [1.54, 1.807) is 68.8 Å². The summed E-state index contributed by atoms with van der Waals surface area (Å²) in [5, 5.41) is 28.9. The summed E-state index contributed by atoms with van der Waals surface area (Å²) in [6, 6.07) is 37.0. The van der Waals surface area contributed by atoms with E-state index in [0.717, 1.165) is 11.1 Å². The van der Waals surface area contributed by atoms with Crippen LogP contribution in [-0.2, 0) is 0 Å². The lowest BCUT2D eigenvalue weighted by molar-refractivity contribution is 0.413. The highest BCUT2D eigenvalue weighted by Crippen LogP contribution is 2.21. The molecule has 5 aromatic rings. The Morgan fingerprint density at radius 3 is 1.27 bits per heavy atom. The Labute approximate surface area is 280 Å². The highest BCUT2D eigenvalue weighted by atomic mass is 16.5. The Hall–Kier alpha value is -7.59. The van der Waals surface area contributed by atoms with E-state index in [1.807, 2.05) is 48.5 Å². The summed E-state index contributed by atoms with van der Waals surface area (Å²) in [6.45, 7) is 0. The standard InChI is InChI=1S/C43H23N3O2/c1-47-42-10-6-5-8-37(42)21-15-33-16-22-38(43(27-33)48-2)24-23-36-20-14-32(26-41(36)30-46)13-19-35-18-12-31(25-40(35)29-45)11-17-34-7-3-4-9-39(34)28-44/h3-10,12,14,16,18,20,22,25-27H,1-2H3. The molecule has 0 saturated heterocycles. The van der Waals surface area contributed by atoms with Gasteiger partial charge in [0.05, 0.1) is 42.0 Å². The molecule has 0 unspecified atom stereocenters. The molecule has 222 valence electrons. The third kappa shape index (κ3) is 7.73. The molecule has 0 radical (unpaired) electrons. The van der Waals surface area contributed by atoms with Gasteiger partial charge in [0.1, 0.15) is 29.7 Å². The first-order valence-electron chi connectivity index (χ1n) is 14.5. The van der Waals surface area contributed by atoms with Gasteiger partial charge in [0.2, 0.25) is 0 Å². The van der Waals surface area contributed by atoms with Crippen LogP contribution >= 0.6 is 0 Å². The number of methoxy groups -OCH3 is 2. The van der Waals surface area contributed by atoms with Crippen molar-refractivity contribution in [2.75, 3.05) is 14.2 Å². The van der Waals surface area contributed by atoms with E-state index in [0.29, 0.717) is 61.6 Å². The van der Waals surface area contributed by atoms with Crippen molar-refractivity contribution >= 4 is 0 Å². The second-order valence-electron chi connectivity index (χ2n) is 10.0. The van der Waals surface area contributed by atoms with Gasteiger partial charge in [-0.2, -0.15) is 15.8 Å². The molecular weight excluding hydrogens is 590 g/mol. The van der Waals surface area contributed by atoms with E-state index in [2.05, 4.69) is 65.6 Å². The van der Waals surface area contributed by atoms with Crippen molar-refractivity contribution < 1.29 is 9.47 Å². The topological polar surface area (TPSA) is 89.8 Å². The van der Waals surface area contributed by atoms with E-state index >= 15 is 0 Å². The molecule has 0 aliphatic rings. The third-order valence-corrected chi connectivity index (χ3v) is 6.99. The van der Waals surface area contributed by atoms with Crippen molar-refractivity contribution in [2.24, 2.45) is 0 Å². The van der Waals surface area contributed by atoms with Crippen LogP contribution in [0.25, 0.3) is 0 Å². The van der Waals surface area contributed by atoms with E-state index in [-0.39, 0.29) is 0 Å². The number of ether oxygens (including phenoxy) is 2. The van der Waals surface area contributed by atoms with Crippen LogP contribution in [-0.4, -0.2) is 14.2 Å². The van der Waals surface area contributed by atoms with Crippen LogP contribution in [0.2, 0.25) is 0 Å². The maximum absolute atomic E-state index is 9.84. The number of para-hydroxylation sites is 1. The fourth-order valence-corrected chi connectivity index (χ4v) is 4.51. The van der Waals surface area contributed by atoms with Crippen LogP contribution in [0, 0.1) is 81.4 Å². The zero-order valence-corrected chi connectivity index (χ0v) is 26.0. The Bertz CT molecular complexity index is 2440. The van der Waals surface area contributed by atoms with Crippen molar-refractivity contribution in [3.8, 4) is 77.1 Å². The fourth-order valence-electron chi connectivity index (χ4n) is 4.51. The zero-order valence-electron chi connectivity index (χ0n) is 26.0. The van der Waals surface area contributed by atoms with Crippen LogP contribution in [0.4, 0.5) is 0 Å². The quantitative estimate of drug-likeness (QED) is 0.202. The molecule has 5 nitrogen and oxygen atoms in total. The summed E-state index contributed by atoms with van der Waals surface area (Å²) in [5.74, 6) is 25.8. The van der Waals surface area contributed by atoms with E-state index in [4.69, 9.17) is 9.47 Å². The van der Waals surface area contributed by atoms with Gasteiger partial charge in [-0.1, -0.05) is 71.6 Å². The molecule has 5 rings (SSSR count). The highest BCUT2D eigenvalue weighted by molar-refractivity contribution is 5.60. The number of nitrogens with zero attached hydrogens (tertiary/aromatic N) is 3. The molecule has 0 amide bonds. The van der Waals surface area contributed by atoms with Gasteiger partial charge >= 0.3 is 0 Å². The minimum atomic E-state index is 0.372. The van der Waals surface area contributed by atoms with Crippen LogP contribution in [0.3, 0.4) is 0 Å². The van der Waals surface area contributed by atoms with Crippen molar-refractivity contribution in [3.05, 3.63) is 164 Å². The average Bonchev–Trinajstić information content (AvgIpc) is 3.15. The summed E-state index contributed by atoms with van der Waals surface area (Å²) < 4.78 is 10.9. The second-order valence-corrected chi connectivity index (χ2v) is 10.0. The van der Waals surface area contributed by atoms with Crippen molar-refractivity contribution in [1.82, 2.24) is 0 Å². The molecule has 0 bridgehead atoms. The number of hydrogen-bond acceptors (Lipinski definition) is 5. The Kier molecular flexibility index (Phi) is 10.2.